The molecule has 2 aromatic carbocycles. The zero-order chi connectivity index (χ0) is 16.1. The predicted molar refractivity (Wildman–Crippen MR) is 94.5 cm³/mol. The smallest absolute Gasteiger partial charge is 0.107 e. The van der Waals surface area contributed by atoms with Crippen LogP contribution in [0.3, 0.4) is 0 Å². The van der Waals surface area contributed by atoms with Crippen LogP contribution in [-0.2, 0) is 0 Å². The van der Waals surface area contributed by atoms with Crippen LogP contribution in [0, 0.1) is 0 Å². The number of hydrogen-bond donors (Lipinski definition) is 1. The fourth-order valence-electron chi connectivity index (χ4n) is 3.58. The lowest BCUT2D eigenvalue weighted by Crippen LogP contribution is -2.00. The molecular formula is C21H14N2O. The highest BCUT2D eigenvalue weighted by atomic mass is 16.3. The minimum Gasteiger partial charge on any atom is -0.384 e. The SMILES string of the molecule is OC1c2ccccc2-c2c1c(-c1ccccc1)nc1cccnc21. The van der Waals surface area contributed by atoms with Gasteiger partial charge in [0.15, 0.2) is 0 Å². The van der Waals surface area contributed by atoms with Crippen molar-refractivity contribution in [3.8, 4) is 22.4 Å². The molecule has 0 amide bonds. The molecule has 1 aliphatic rings. The Morgan fingerprint density at radius 2 is 1.62 bits per heavy atom. The Morgan fingerprint density at radius 3 is 2.50 bits per heavy atom. The Bertz CT molecular complexity index is 1070. The van der Waals surface area contributed by atoms with Crippen molar-refractivity contribution in [1.82, 2.24) is 9.97 Å². The Morgan fingerprint density at radius 1 is 0.833 bits per heavy atom. The lowest BCUT2D eigenvalue weighted by Gasteiger charge is -2.13. The van der Waals surface area contributed by atoms with Gasteiger partial charge in [0.25, 0.3) is 0 Å². The normalized spacial score (nSPS) is 15.3. The van der Waals surface area contributed by atoms with E-state index in [0.29, 0.717) is 0 Å². The summed E-state index contributed by atoms with van der Waals surface area (Å²) in [5.74, 6) is 0. The molecule has 3 heteroatoms. The van der Waals surface area contributed by atoms with Gasteiger partial charge in [-0.05, 0) is 23.3 Å². The highest BCUT2D eigenvalue weighted by Crippen LogP contribution is 2.49. The highest BCUT2D eigenvalue weighted by Gasteiger charge is 2.32. The highest BCUT2D eigenvalue weighted by molar-refractivity contribution is 6.00. The minimum atomic E-state index is -0.676. The second kappa shape index (κ2) is 4.98. The van der Waals surface area contributed by atoms with Gasteiger partial charge in [0, 0.05) is 22.9 Å². The zero-order valence-corrected chi connectivity index (χ0v) is 12.8. The average Bonchev–Trinajstić information content (AvgIpc) is 2.96. The van der Waals surface area contributed by atoms with E-state index in [1.54, 1.807) is 6.20 Å². The zero-order valence-electron chi connectivity index (χ0n) is 12.8. The molecule has 0 saturated heterocycles. The maximum Gasteiger partial charge on any atom is 0.107 e. The Hall–Kier alpha value is -3.04. The number of aromatic nitrogens is 2. The molecule has 0 aliphatic heterocycles. The average molecular weight is 310 g/mol. The number of aliphatic hydroxyl groups excluding tert-OH is 1. The number of aliphatic hydroxyl groups is 1. The molecule has 3 nitrogen and oxygen atoms in total. The third kappa shape index (κ3) is 1.76. The van der Waals surface area contributed by atoms with Crippen LogP contribution in [0.1, 0.15) is 17.2 Å². The number of hydrogen-bond acceptors (Lipinski definition) is 3. The number of benzene rings is 2. The van der Waals surface area contributed by atoms with Crippen LogP contribution in [0.4, 0.5) is 0 Å². The van der Waals surface area contributed by atoms with Crippen molar-refractivity contribution in [3.63, 3.8) is 0 Å². The molecule has 1 aliphatic carbocycles. The van der Waals surface area contributed by atoms with E-state index in [4.69, 9.17) is 4.98 Å². The summed E-state index contributed by atoms with van der Waals surface area (Å²) in [5, 5.41) is 11.0. The molecule has 4 aromatic rings. The van der Waals surface area contributed by atoms with Crippen LogP contribution in [-0.4, -0.2) is 15.1 Å². The van der Waals surface area contributed by atoms with Crippen molar-refractivity contribution >= 4 is 11.0 Å². The van der Waals surface area contributed by atoms with Crippen LogP contribution in [0.2, 0.25) is 0 Å². The van der Waals surface area contributed by atoms with E-state index in [1.165, 1.54) is 0 Å². The fraction of sp³-hybridized carbons (Fsp3) is 0.0476. The Balaban J connectivity index is 1.96. The third-order valence-corrected chi connectivity index (χ3v) is 4.63. The summed E-state index contributed by atoms with van der Waals surface area (Å²) in [7, 11) is 0. The van der Waals surface area contributed by atoms with Crippen LogP contribution in [0.5, 0.6) is 0 Å². The molecule has 1 unspecified atom stereocenters. The molecule has 1 atom stereocenters. The summed E-state index contributed by atoms with van der Waals surface area (Å²) in [5.41, 5.74) is 7.35. The molecule has 114 valence electrons. The lowest BCUT2D eigenvalue weighted by atomic mass is 9.98. The lowest BCUT2D eigenvalue weighted by molar-refractivity contribution is 0.225. The molecule has 0 saturated carbocycles. The first-order valence-corrected chi connectivity index (χ1v) is 7.96. The quantitative estimate of drug-likeness (QED) is 0.568. The van der Waals surface area contributed by atoms with Crippen LogP contribution in [0.25, 0.3) is 33.4 Å². The summed E-state index contributed by atoms with van der Waals surface area (Å²) in [6, 6.07) is 21.9. The van der Waals surface area contributed by atoms with E-state index < -0.39 is 6.10 Å². The van der Waals surface area contributed by atoms with Crippen molar-refractivity contribution in [2.24, 2.45) is 0 Å². The third-order valence-electron chi connectivity index (χ3n) is 4.63. The Kier molecular flexibility index (Phi) is 2.78. The van der Waals surface area contributed by atoms with Gasteiger partial charge in [0.2, 0.25) is 0 Å². The van der Waals surface area contributed by atoms with E-state index in [-0.39, 0.29) is 0 Å². The number of fused-ring (bicyclic) bond motifs is 5. The van der Waals surface area contributed by atoms with Gasteiger partial charge in [-0.2, -0.15) is 0 Å². The maximum absolute atomic E-state index is 11.0. The predicted octanol–water partition coefficient (Wildman–Crippen LogP) is 4.36. The van der Waals surface area contributed by atoms with Gasteiger partial charge < -0.3 is 5.11 Å². The molecule has 2 heterocycles. The van der Waals surface area contributed by atoms with Crippen molar-refractivity contribution in [1.29, 1.82) is 0 Å². The largest absolute Gasteiger partial charge is 0.384 e. The maximum atomic E-state index is 11.0. The van der Waals surface area contributed by atoms with Gasteiger partial charge in [-0.15, -0.1) is 0 Å². The number of nitrogens with zero attached hydrogens (tertiary/aromatic N) is 2. The van der Waals surface area contributed by atoms with Crippen molar-refractivity contribution < 1.29 is 5.11 Å². The van der Waals surface area contributed by atoms with Crippen LogP contribution >= 0.6 is 0 Å². The Labute approximate surface area is 139 Å². The fourth-order valence-corrected chi connectivity index (χ4v) is 3.58. The molecule has 0 bridgehead atoms. The number of pyridine rings is 2. The summed E-state index contributed by atoms with van der Waals surface area (Å²) in [6.07, 6.45) is 1.10. The van der Waals surface area contributed by atoms with E-state index in [2.05, 4.69) is 4.98 Å². The first-order chi connectivity index (χ1) is 11.8. The minimum absolute atomic E-state index is 0.676. The van der Waals surface area contributed by atoms with E-state index in [1.807, 2.05) is 66.7 Å². The van der Waals surface area contributed by atoms with Gasteiger partial charge in [-0.25, -0.2) is 4.98 Å². The van der Waals surface area contributed by atoms with Gasteiger partial charge in [0.05, 0.1) is 16.7 Å². The van der Waals surface area contributed by atoms with Gasteiger partial charge >= 0.3 is 0 Å². The van der Waals surface area contributed by atoms with E-state index in [9.17, 15) is 5.11 Å². The van der Waals surface area contributed by atoms with Gasteiger partial charge in [-0.1, -0.05) is 54.6 Å². The summed E-state index contributed by atoms with van der Waals surface area (Å²) >= 11 is 0. The number of rotatable bonds is 1. The molecule has 0 radical (unpaired) electrons. The molecule has 24 heavy (non-hydrogen) atoms. The van der Waals surface area contributed by atoms with Crippen molar-refractivity contribution in [3.05, 3.63) is 84.1 Å². The molecule has 0 fully saturated rings. The summed E-state index contributed by atoms with van der Waals surface area (Å²) in [4.78, 5) is 9.38. The second-order valence-electron chi connectivity index (χ2n) is 5.98. The van der Waals surface area contributed by atoms with E-state index >= 15 is 0 Å². The molecule has 5 rings (SSSR count). The first-order valence-electron chi connectivity index (χ1n) is 7.96. The second-order valence-corrected chi connectivity index (χ2v) is 5.98. The summed E-state index contributed by atoms with van der Waals surface area (Å²) < 4.78 is 0. The molecule has 1 N–H and O–H groups in total. The van der Waals surface area contributed by atoms with Crippen molar-refractivity contribution in [2.75, 3.05) is 0 Å². The van der Waals surface area contributed by atoms with Crippen LogP contribution < -0.4 is 0 Å². The van der Waals surface area contributed by atoms with Crippen LogP contribution in [0.15, 0.2) is 72.9 Å². The molecule has 2 aromatic heterocycles. The van der Waals surface area contributed by atoms with Crippen molar-refractivity contribution in [2.45, 2.75) is 6.10 Å². The van der Waals surface area contributed by atoms with Gasteiger partial charge in [-0.3, -0.25) is 4.98 Å². The molecular weight excluding hydrogens is 296 g/mol. The molecule has 0 spiro atoms. The van der Waals surface area contributed by atoms with Gasteiger partial charge in [0.1, 0.15) is 6.10 Å². The first kappa shape index (κ1) is 13.4. The topological polar surface area (TPSA) is 46.0 Å². The summed E-state index contributed by atoms with van der Waals surface area (Å²) in [6.45, 7) is 0. The monoisotopic (exact) mass is 310 g/mol. The standard InChI is InChI=1S/C21H14N2O/c24-21-15-10-5-4-9-14(15)17-18(21)19(13-7-2-1-3-8-13)23-16-11-6-12-22-20(16)17/h1-12,21,24H. The van der Waals surface area contributed by atoms with E-state index in [0.717, 1.165) is 44.5 Å².